The number of pyridine rings is 1. The summed E-state index contributed by atoms with van der Waals surface area (Å²) in [5, 5.41) is 21.5. The van der Waals surface area contributed by atoms with Gasteiger partial charge in [-0.25, -0.2) is 0 Å². The first-order chi connectivity index (χ1) is 11.2. The third kappa shape index (κ3) is 3.25. The number of aromatic nitrogens is 1. The molecular weight excluding hydrogens is 298 g/mol. The molecule has 23 heavy (non-hydrogen) atoms. The Morgan fingerprint density at radius 3 is 3.04 bits per heavy atom. The minimum atomic E-state index is -0.378. The lowest BCUT2D eigenvalue weighted by atomic mass is 10.0. The van der Waals surface area contributed by atoms with Crippen molar-refractivity contribution in [3.8, 4) is 0 Å². The van der Waals surface area contributed by atoms with Crippen LogP contribution >= 0.6 is 0 Å². The molecule has 0 saturated carbocycles. The number of benzene rings is 1. The Bertz CT molecular complexity index is 707. The summed E-state index contributed by atoms with van der Waals surface area (Å²) in [7, 11) is 0. The van der Waals surface area contributed by atoms with E-state index in [-0.39, 0.29) is 23.3 Å². The molecule has 3 rings (SSSR count). The molecule has 7 heteroatoms. The number of piperidine rings is 1. The summed E-state index contributed by atoms with van der Waals surface area (Å²) in [6.45, 7) is 1.95. The van der Waals surface area contributed by atoms with Gasteiger partial charge in [-0.15, -0.1) is 0 Å². The molecule has 122 valence electrons. The second kappa shape index (κ2) is 6.89. The number of nitro groups is 1. The molecule has 0 amide bonds. The van der Waals surface area contributed by atoms with Crippen molar-refractivity contribution in [2.24, 2.45) is 0 Å². The quantitative estimate of drug-likeness (QED) is 0.671. The number of hydrogen-bond acceptors (Lipinski definition) is 6. The Morgan fingerprint density at radius 2 is 2.26 bits per heavy atom. The lowest BCUT2D eigenvalue weighted by Crippen LogP contribution is -2.40. The third-order valence-electron chi connectivity index (χ3n) is 4.13. The summed E-state index contributed by atoms with van der Waals surface area (Å²) in [6.07, 6.45) is 5.21. The van der Waals surface area contributed by atoms with E-state index in [1.807, 2.05) is 6.07 Å². The monoisotopic (exact) mass is 317 g/mol. The molecule has 1 aromatic heterocycles. The van der Waals surface area contributed by atoms with Gasteiger partial charge >= 0.3 is 0 Å². The molecular formula is C16H19N3O4. The van der Waals surface area contributed by atoms with Crippen LogP contribution in [0.4, 0.5) is 11.4 Å². The van der Waals surface area contributed by atoms with Crippen molar-refractivity contribution >= 4 is 22.1 Å². The van der Waals surface area contributed by atoms with Gasteiger partial charge in [-0.05, 0) is 25.0 Å². The van der Waals surface area contributed by atoms with E-state index in [0.717, 1.165) is 37.0 Å². The molecule has 1 atom stereocenters. The largest absolute Gasteiger partial charge is 0.394 e. The predicted octanol–water partition coefficient (Wildman–Crippen LogP) is 2.12. The van der Waals surface area contributed by atoms with Crippen LogP contribution in [0.3, 0.4) is 0 Å². The third-order valence-corrected chi connectivity index (χ3v) is 4.13. The zero-order valence-corrected chi connectivity index (χ0v) is 12.7. The lowest BCUT2D eigenvalue weighted by molar-refractivity contribution is -0.383. The SMILES string of the molecule is O=[N+]([O-])c1ccc(N2CCCC(OCCO)C2)c2ccncc12. The van der Waals surface area contributed by atoms with Crippen molar-refractivity contribution in [2.45, 2.75) is 18.9 Å². The Kier molecular flexibility index (Phi) is 4.68. The van der Waals surface area contributed by atoms with E-state index in [9.17, 15) is 10.1 Å². The van der Waals surface area contributed by atoms with Gasteiger partial charge in [0.25, 0.3) is 5.69 Å². The number of rotatable bonds is 5. The van der Waals surface area contributed by atoms with Crippen molar-refractivity contribution in [2.75, 3.05) is 31.2 Å². The van der Waals surface area contributed by atoms with Crippen LogP contribution in [0.15, 0.2) is 30.6 Å². The fourth-order valence-corrected chi connectivity index (χ4v) is 3.11. The van der Waals surface area contributed by atoms with E-state index in [0.29, 0.717) is 12.0 Å². The van der Waals surface area contributed by atoms with E-state index in [1.165, 1.54) is 6.07 Å². The second-order valence-corrected chi connectivity index (χ2v) is 5.59. The predicted molar refractivity (Wildman–Crippen MR) is 86.7 cm³/mol. The van der Waals surface area contributed by atoms with Gasteiger partial charge in [0, 0.05) is 42.6 Å². The highest BCUT2D eigenvalue weighted by atomic mass is 16.6. The number of anilines is 1. The number of ether oxygens (including phenoxy) is 1. The number of nitrogens with zero attached hydrogens (tertiary/aromatic N) is 3. The van der Waals surface area contributed by atoms with Gasteiger partial charge in [-0.2, -0.15) is 0 Å². The Balaban J connectivity index is 1.93. The fraction of sp³-hybridized carbons (Fsp3) is 0.438. The minimum absolute atomic E-state index is 0.0165. The van der Waals surface area contributed by atoms with Gasteiger partial charge in [0.1, 0.15) is 0 Å². The molecule has 7 nitrogen and oxygen atoms in total. The van der Waals surface area contributed by atoms with E-state index < -0.39 is 0 Å². The molecule has 1 N–H and O–H groups in total. The molecule has 1 saturated heterocycles. The summed E-state index contributed by atoms with van der Waals surface area (Å²) in [5.74, 6) is 0. The van der Waals surface area contributed by atoms with Gasteiger partial charge in [0.05, 0.1) is 29.6 Å². The maximum atomic E-state index is 11.2. The lowest BCUT2D eigenvalue weighted by Gasteiger charge is -2.34. The maximum absolute atomic E-state index is 11.2. The molecule has 1 aliphatic rings. The summed E-state index contributed by atoms with van der Waals surface area (Å²) < 4.78 is 5.65. The van der Waals surface area contributed by atoms with Crippen LogP contribution in [-0.4, -0.2) is 47.4 Å². The normalized spacial score (nSPS) is 18.3. The Labute approximate surface area is 133 Å². The van der Waals surface area contributed by atoms with Crippen LogP contribution in [-0.2, 0) is 4.74 Å². The number of nitro benzene ring substituents is 1. The second-order valence-electron chi connectivity index (χ2n) is 5.59. The van der Waals surface area contributed by atoms with Crippen molar-refractivity contribution in [1.29, 1.82) is 0 Å². The number of aliphatic hydroxyl groups excluding tert-OH is 1. The highest BCUT2D eigenvalue weighted by molar-refractivity contribution is 5.99. The standard InChI is InChI=1S/C16H19N3O4/c20-8-9-23-12-2-1-7-18(11-12)15-3-4-16(19(21)22)14-10-17-6-5-13(14)15/h3-6,10,12,20H,1-2,7-9,11H2. The zero-order chi connectivity index (χ0) is 16.2. The van der Waals surface area contributed by atoms with Crippen LogP contribution in [0, 0.1) is 10.1 Å². The highest BCUT2D eigenvalue weighted by Gasteiger charge is 2.23. The highest BCUT2D eigenvalue weighted by Crippen LogP contribution is 2.34. The Morgan fingerprint density at radius 1 is 1.39 bits per heavy atom. The molecule has 1 unspecified atom stereocenters. The number of non-ortho nitro benzene ring substituents is 1. The molecule has 0 aliphatic carbocycles. The molecule has 2 heterocycles. The summed E-state index contributed by atoms with van der Waals surface area (Å²) in [6, 6.07) is 5.16. The van der Waals surface area contributed by atoms with Crippen LogP contribution in [0.25, 0.3) is 10.8 Å². The minimum Gasteiger partial charge on any atom is -0.394 e. The first-order valence-corrected chi connectivity index (χ1v) is 7.69. The van der Waals surface area contributed by atoms with Crippen molar-refractivity contribution in [3.63, 3.8) is 0 Å². The van der Waals surface area contributed by atoms with Gasteiger partial charge in [-0.1, -0.05) is 0 Å². The Hall–Kier alpha value is -2.25. The topological polar surface area (TPSA) is 88.7 Å². The zero-order valence-electron chi connectivity index (χ0n) is 12.7. The molecule has 0 bridgehead atoms. The van der Waals surface area contributed by atoms with E-state index in [4.69, 9.17) is 9.84 Å². The average molecular weight is 317 g/mol. The number of aliphatic hydroxyl groups is 1. The van der Waals surface area contributed by atoms with Crippen molar-refractivity contribution in [3.05, 3.63) is 40.7 Å². The molecule has 0 spiro atoms. The molecule has 2 aromatic rings. The number of hydrogen-bond donors (Lipinski definition) is 1. The first kappa shape index (κ1) is 15.6. The summed E-state index contributed by atoms with van der Waals surface area (Å²) in [4.78, 5) is 17.0. The van der Waals surface area contributed by atoms with Crippen LogP contribution in [0.2, 0.25) is 0 Å². The van der Waals surface area contributed by atoms with Crippen LogP contribution < -0.4 is 4.90 Å². The van der Waals surface area contributed by atoms with Gasteiger partial charge < -0.3 is 14.7 Å². The number of fused-ring (bicyclic) bond motifs is 1. The summed E-state index contributed by atoms with van der Waals surface area (Å²) in [5.41, 5.74) is 1.03. The van der Waals surface area contributed by atoms with Gasteiger partial charge in [-0.3, -0.25) is 15.1 Å². The van der Waals surface area contributed by atoms with Gasteiger partial charge in [0.2, 0.25) is 0 Å². The van der Waals surface area contributed by atoms with Crippen molar-refractivity contribution < 1.29 is 14.8 Å². The van der Waals surface area contributed by atoms with Gasteiger partial charge in [0.15, 0.2) is 0 Å². The molecule has 1 fully saturated rings. The fourth-order valence-electron chi connectivity index (χ4n) is 3.11. The van der Waals surface area contributed by atoms with E-state index in [1.54, 1.807) is 18.5 Å². The first-order valence-electron chi connectivity index (χ1n) is 7.69. The summed E-state index contributed by atoms with van der Waals surface area (Å²) >= 11 is 0. The van der Waals surface area contributed by atoms with Crippen LogP contribution in [0.5, 0.6) is 0 Å². The molecule has 0 radical (unpaired) electrons. The van der Waals surface area contributed by atoms with Crippen LogP contribution in [0.1, 0.15) is 12.8 Å². The molecule has 1 aliphatic heterocycles. The smallest absolute Gasteiger partial charge is 0.278 e. The van der Waals surface area contributed by atoms with E-state index in [2.05, 4.69) is 9.88 Å². The maximum Gasteiger partial charge on any atom is 0.278 e. The van der Waals surface area contributed by atoms with Crippen molar-refractivity contribution in [1.82, 2.24) is 4.98 Å². The molecule has 1 aromatic carbocycles. The average Bonchev–Trinajstić information content (AvgIpc) is 2.59. The van der Waals surface area contributed by atoms with E-state index >= 15 is 0 Å².